The van der Waals surface area contributed by atoms with Gasteiger partial charge in [-0.1, -0.05) is 48.5 Å². The Labute approximate surface area is 151 Å². The fourth-order valence-corrected chi connectivity index (χ4v) is 3.03. The van der Waals surface area contributed by atoms with Crippen molar-refractivity contribution in [1.29, 1.82) is 0 Å². The van der Waals surface area contributed by atoms with Crippen LogP contribution in [-0.4, -0.2) is 32.8 Å². The van der Waals surface area contributed by atoms with E-state index >= 15 is 0 Å². The number of hydrogen-bond acceptors (Lipinski definition) is 3. The van der Waals surface area contributed by atoms with Gasteiger partial charge in [-0.3, -0.25) is 14.5 Å². The normalized spacial score (nSPS) is 13.6. The molecule has 0 aliphatic carbocycles. The van der Waals surface area contributed by atoms with Crippen LogP contribution in [0.25, 0.3) is 6.08 Å². The predicted molar refractivity (Wildman–Crippen MR) is 98.6 cm³/mol. The van der Waals surface area contributed by atoms with Crippen LogP contribution in [0.15, 0.2) is 73.2 Å². The van der Waals surface area contributed by atoms with Crippen LogP contribution < -0.4 is 0 Å². The third-order valence-electron chi connectivity index (χ3n) is 4.32. The lowest BCUT2D eigenvalue weighted by atomic mass is 10.1. The van der Waals surface area contributed by atoms with Crippen LogP contribution in [0, 0.1) is 0 Å². The van der Waals surface area contributed by atoms with Crippen molar-refractivity contribution in [3.05, 3.63) is 95.6 Å². The first kappa shape index (κ1) is 16.0. The lowest BCUT2D eigenvalue weighted by molar-refractivity contribution is 0.0672. The third kappa shape index (κ3) is 3.07. The zero-order chi connectivity index (χ0) is 17.9. The first-order chi connectivity index (χ1) is 12.7. The first-order valence-electron chi connectivity index (χ1n) is 8.40. The SMILES string of the molecule is O=C1c2ccccc2C(=O)N1C/C=C/c1cn(Cc2ccccc2)cn1. The topological polar surface area (TPSA) is 55.2 Å². The van der Waals surface area contributed by atoms with Crippen LogP contribution in [0.3, 0.4) is 0 Å². The molecule has 2 amide bonds. The number of carbonyl (C=O) groups is 2. The van der Waals surface area contributed by atoms with Crippen molar-refractivity contribution in [3.63, 3.8) is 0 Å². The molecule has 2 heterocycles. The molecule has 0 N–H and O–H groups in total. The monoisotopic (exact) mass is 343 g/mol. The Balaban J connectivity index is 1.41. The molecular formula is C21H17N3O2. The van der Waals surface area contributed by atoms with E-state index in [0.717, 1.165) is 12.2 Å². The summed E-state index contributed by atoms with van der Waals surface area (Å²) in [4.78, 5) is 30.2. The summed E-state index contributed by atoms with van der Waals surface area (Å²) in [5.41, 5.74) is 2.93. The third-order valence-corrected chi connectivity index (χ3v) is 4.32. The van der Waals surface area contributed by atoms with Crippen LogP contribution in [0.4, 0.5) is 0 Å². The maximum Gasteiger partial charge on any atom is 0.261 e. The molecule has 26 heavy (non-hydrogen) atoms. The average Bonchev–Trinajstić information content (AvgIpc) is 3.21. The molecule has 0 unspecified atom stereocenters. The molecule has 1 aromatic heterocycles. The van der Waals surface area contributed by atoms with Gasteiger partial charge in [0.15, 0.2) is 0 Å². The number of benzene rings is 2. The summed E-state index contributed by atoms with van der Waals surface area (Å²) < 4.78 is 2.00. The molecule has 5 heteroatoms. The van der Waals surface area contributed by atoms with E-state index in [1.807, 2.05) is 35.0 Å². The zero-order valence-corrected chi connectivity index (χ0v) is 14.1. The number of imidazole rings is 1. The minimum Gasteiger partial charge on any atom is -0.332 e. The zero-order valence-electron chi connectivity index (χ0n) is 14.1. The number of rotatable bonds is 5. The highest BCUT2D eigenvalue weighted by Gasteiger charge is 2.34. The summed E-state index contributed by atoms with van der Waals surface area (Å²) in [6.07, 6.45) is 7.32. The lowest BCUT2D eigenvalue weighted by Crippen LogP contribution is -2.29. The summed E-state index contributed by atoms with van der Waals surface area (Å²) in [7, 11) is 0. The Morgan fingerprint density at radius 3 is 2.23 bits per heavy atom. The average molecular weight is 343 g/mol. The van der Waals surface area contributed by atoms with Crippen molar-refractivity contribution in [3.8, 4) is 0 Å². The second-order valence-corrected chi connectivity index (χ2v) is 6.13. The van der Waals surface area contributed by atoms with Crippen LogP contribution in [0.2, 0.25) is 0 Å². The molecule has 4 rings (SSSR count). The number of carbonyl (C=O) groups excluding carboxylic acids is 2. The molecule has 0 saturated carbocycles. The van der Waals surface area contributed by atoms with E-state index in [9.17, 15) is 9.59 Å². The molecule has 0 bridgehead atoms. The van der Waals surface area contributed by atoms with E-state index in [1.165, 1.54) is 10.5 Å². The van der Waals surface area contributed by atoms with E-state index in [4.69, 9.17) is 0 Å². The summed E-state index contributed by atoms with van der Waals surface area (Å²) >= 11 is 0. The van der Waals surface area contributed by atoms with Crippen molar-refractivity contribution >= 4 is 17.9 Å². The number of hydrogen-bond donors (Lipinski definition) is 0. The Bertz CT molecular complexity index is 954. The maximum atomic E-state index is 12.3. The van der Waals surface area contributed by atoms with Gasteiger partial charge in [-0.15, -0.1) is 0 Å². The Morgan fingerprint density at radius 1 is 0.885 bits per heavy atom. The number of aromatic nitrogens is 2. The summed E-state index contributed by atoms with van der Waals surface area (Å²) in [6, 6.07) is 17.0. The van der Waals surface area contributed by atoms with Gasteiger partial charge in [-0.05, 0) is 23.8 Å². The fourth-order valence-electron chi connectivity index (χ4n) is 3.03. The minimum atomic E-state index is -0.246. The molecule has 128 valence electrons. The second-order valence-electron chi connectivity index (χ2n) is 6.13. The van der Waals surface area contributed by atoms with Crippen molar-refractivity contribution in [2.24, 2.45) is 0 Å². The van der Waals surface area contributed by atoms with E-state index in [0.29, 0.717) is 11.1 Å². The van der Waals surface area contributed by atoms with Crippen LogP contribution in [-0.2, 0) is 6.54 Å². The van der Waals surface area contributed by atoms with Gasteiger partial charge < -0.3 is 4.57 Å². The molecule has 1 aliphatic rings. The van der Waals surface area contributed by atoms with Crippen molar-refractivity contribution in [1.82, 2.24) is 14.5 Å². The fraction of sp³-hybridized carbons (Fsp3) is 0.0952. The quantitative estimate of drug-likeness (QED) is 0.668. The molecule has 0 saturated heterocycles. The minimum absolute atomic E-state index is 0.234. The highest BCUT2D eigenvalue weighted by Crippen LogP contribution is 2.22. The van der Waals surface area contributed by atoms with Crippen molar-refractivity contribution < 1.29 is 9.59 Å². The molecule has 0 atom stereocenters. The van der Waals surface area contributed by atoms with E-state index in [2.05, 4.69) is 17.1 Å². The molecule has 0 spiro atoms. The number of amides is 2. The highest BCUT2D eigenvalue weighted by atomic mass is 16.2. The Kier molecular flexibility index (Phi) is 4.19. The summed E-state index contributed by atoms with van der Waals surface area (Å²) in [5.74, 6) is -0.491. The predicted octanol–water partition coefficient (Wildman–Crippen LogP) is 3.24. The standard InChI is InChI=1S/C21H17N3O2/c25-20-18-10-4-5-11-19(18)21(26)24(20)12-6-9-17-14-23(15-22-17)13-16-7-2-1-3-8-16/h1-11,14-15H,12-13H2/b9-6+. The van der Waals surface area contributed by atoms with Gasteiger partial charge in [0.05, 0.1) is 23.1 Å². The Hall–Kier alpha value is -3.47. The summed E-state index contributed by atoms with van der Waals surface area (Å²) in [6.45, 7) is 0.984. The molecule has 5 nitrogen and oxygen atoms in total. The van der Waals surface area contributed by atoms with Gasteiger partial charge in [0.1, 0.15) is 0 Å². The van der Waals surface area contributed by atoms with Crippen molar-refractivity contribution in [2.75, 3.05) is 6.54 Å². The van der Waals surface area contributed by atoms with Gasteiger partial charge in [-0.2, -0.15) is 0 Å². The Morgan fingerprint density at radius 2 is 1.54 bits per heavy atom. The number of nitrogens with zero attached hydrogens (tertiary/aromatic N) is 3. The van der Waals surface area contributed by atoms with Crippen LogP contribution in [0.5, 0.6) is 0 Å². The van der Waals surface area contributed by atoms with Crippen LogP contribution in [0.1, 0.15) is 32.0 Å². The first-order valence-corrected chi connectivity index (χ1v) is 8.40. The largest absolute Gasteiger partial charge is 0.332 e. The molecular weight excluding hydrogens is 326 g/mol. The molecule has 1 aliphatic heterocycles. The van der Waals surface area contributed by atoms with Gasteiger partial charge >= 0.3 is 0 Å². The van der Waals surface area contributed by atoms with Crippen LogP contribution >= 0.6 is 0 Å². The molecule has 0 radical (unpaired) electrons. The number of fused-ring (bicyclic) bond motifs is 1. The lowest BCUT2D eigenvalue weighted by Gasteiger charge is -2.10. The molecule has 0 fully saturated rings. The van der Waals surface area contributed by atoms with E-state index < -0.39 is 0 Å². The van der Waals surface area contributed by atoms with E-state index in [-0.39, 0.29) is 18.4 Å². The van der Waals surface area contributed by atoms with E-state index in [1.54, 1.807) is 36.7 Å². The second kappa shape index (κ2) is 6.80. The van der Waals surface area contributed by atoms with Gasteiger partial charge in [-0.25, -0.2) is 4.98 Å². The van der Waals surface area contributed by atoms with Gasteiger partial charge in [0.2, 0.25) is 0 Å². The maximum absolute atomic E-state index is 12.3. The molecule has 3 aromatic rings. The summed E-state index contributed by atoms with van der Waals surface area (Å²) in [5, 5.41) is 0. The highest BCUT2D eigenvalue weighted by molar-refractivity contribution is 6.21. The van der Waals surface area contributed by atoms with Gasteiger partial charge in [0.25, 0.3) is 11.8 Å². The number of imide groups is 1. The van der Waals surface area contributed by atoms with Crippen molar-refractivity contribution in [2.45, 2.75) is 6.54 Å². The van der Waals surface area contributed by atoms with Gasteiger partial charge in [0, 0.05) is 19.3 Å². The smallest absolute Gasteiger partial charge is 0.261 e. The molecule has 2 aromatic carbocycles.